The predicted octanol–water partition coefficient (Wildman–Crippen LogP) is 4.49. The molecular weight excluding hydrogens is 277 g/mol. The van der Waals surface area contributed by atoms with Crippen LogP contribution in [0.25, 0.3) is 0 Å². The number of hydrogen-bond donors (Lipinski definition) is 1. The Labute approximate surface area is 123 Å². The number of nitrogens with zero attached hydrogens (tertiary/aromatic N) is 2. The normalized spacial score (nSPS) is 11.2. The van der Waals surface area contributed by atoms with Crippen molar-refractivity contribution in [3.05, 3.63) is 46.0 Å². The lowest BCUT2D eigenvalue weighted by Crippen LogP contribution is -2.06. The van der Waals surface area contributed by atoms with E-state index in [0.29, 0.717) is 17.6 Å². The van der Waals surface area contributed by atoms with Crippen molar-refractivity contribution in [2.45, 2.75) is 40.3 Å². The van der Waals surface area contributed by atoms with Gasteiger partial charge in [-0.3, -0.25) is 4.68 Å². The van der Waals surface area contributed by atoms with Gasteiger partial charge in [0.2, 0.25) is 0 Å². The summed E-state index contributed by atoms with van der Waals surface area (Å²) in [6, 6.07) is 4.76. The third kappa shape index (κ3) is 2.96. The molecule has 0 bridgehead atoms. The van der Waals surface area contributed by atoms with E-state index in [9.17, 15) is 4.39 Å². The lowest BCUT2D eigenvalue weighted by molar-refractivity contribution is 0.516. The van der Waals surface area contributed by atoms with Gasteiger partial charge in [-0.25, -0.2) is 4.39 Å². The lowest BCUT2D eigenvalue weighted by Gasteiger charge is -2.11. The minimum absolute atomic E-state index is 0.318. The van der Waals surface area contributed by atoms with Gasteiger partial charge in [0.15, 0.2) is 0 Å². The van der Waals surface area contributed by atoms with E-state index in [2.05, 4.69) is 24.3 Å². The SMILES string of the molecule is Cc1nn(C(C)C)c(C)c1NCc1ccc(F)cc1Cl. The van der Waals surface area contributed by atoms with Crippen LogP contribution in [0.1, 0.15) is 36.8 Å². The van der Waals surface area contributed by atoms with Crippen molar-refractivity contribution in [2.75, 3.05) is 5.32 Å². The zero-order chi connectivity index (χ0) is 14.9. The Morgan fingerprint density at radius 2 is 2.05 bits per heavy atom. The van der Waals surface area contributed by atoms with Crippen LogP contribution in [0, 0.1) is 19.7 Å². The van der Waals surface area contributed by atoms with Crippen molar-refractivity contribution < 1.29 is 4.39 Å². The van der Waals surface area contributed by atoms with Crippen LogP contribution in [0.2, 0.25) is 5.02 Å². The number of aryl methyl sites for hydroxylation is 1. The fourth-order valence-electron chi connectivity index (χ4n) is 2.27. The van der Waals surface area contributed by atoms with Gasteiger partial charge in [-0.05, 0) is 45.4 Å². The number of anilines is 1. The third-order valence-corrected chi connectivity index (χ3v) is 3.64. The predicted molar refractivity (Wildman–Crippen MR) is 80.8 cm³/mol. The first-order valence-electron chi connectivity index (χ1n) is 6.63. The van der Waals surface area contributed by atoms with E-state index in [4.69, 9.17) is 11.6 Å². The van der Waals surface area contributed by atoms with Crippen LogP contribution in [-0.2, 0) is 6.54 Å². The van der Waals surface area contributed by atoms with Crippen LogP contribution in [0.3, 0.4) is 0 Å². The first-order valence-corrected chi connectivity index (χ1v) is 7.01. The van der Waals surface area contributed by atoms with Crippen molar-refractivity contribution in [1.29, 1.82) is 0 Å². The number of rotatable bonds is 4. The minimum Gasteiger partial charge on any atom is -0.378 e. The topological polar surface area (TPSA) is 29.9 Å². The maximum absolute atomic E-state index is 13.0. The second-order valence-electron chi connectivity index (χ2n) is 5.17. The molecule has 0 unspecified atom stereocenters. The molecule has 1 aromatic carbocycles. The smallest absolute Gasteiger partial charge is 0.124 e. The molecule has 0 saturated carbocycles. The molecule has 1 aromatic heterocycles. The van der Waals surface area contributed by atoms with Crippen LogP contribution in [0.4, 0.5) is 10.1 Å². The van der Waals surface area contributed by atoms with Crippen LogP contribution < -0.4 is 5.32 Å². The number of benzene rings is 1. The number of nitrogens with one attached hydrogen (secondary N) is 1. The highest BCUT2D eigenvalue weighted by Crippen LogP contribution is 2.24. The Morgan fingerprint density at radius 1 is 1.35 bits per heavy atom. The van der Waals surface area contributed by atoms with Gasteiger partial charge >= 0.3 is 0 Å². The zero-order valence-electron chi connectivity index (χ0n) is 12.2. The average Bonchev–Trinajstić information content (AvgIpc) is 2.65. The summed E-state index contributed by atoms with van der Waals surface area (Å²) in [5.74, 6) is -0.321. The summed E-state index contributed by atoms with van der Waals surface area (Å²) in [5.41, 5.74) is 3.92. The average molecular weight is 296 g/mol. The van der Waals surface area contributed by atoms with Crippen molar-refractivity contribution in [3.63, 3.8) is 0 Å². The number of hydrogen-bond acceptors (Lipinski definition) is 2. The summed E-state index contributed by atoms with van der Waals surface area (Å²) < 4.78 is 15.0. The monoisotopic (exact) mass is 295 g/mol. The van der Waals surface area contributed by atoms with E-state index in [1.54, 1.807) is 6.07 Å². The van der Waals surface area contributed by atoms with E-state index in [0.717, 1.165) is 22.6 Å². The van der Waals surface area contributed by atoms with E-state index < -0.39 is 0 Å². The van der Waals surface area contributed by atoms with Gasteiger partial charge in [0.05, 0.1) is 17.1 Å². The van der Waals surface area contributed by atoms with Gasteiger partial charge in [0.25, 0.3) is 0 Å². The standard InChI is InChI=1S/C15H19ClFN3/c1-9(2)20-11(4)15(10(3)19-20)18-8-12-5-6-13(17)7-14(12)16/h5-7,9,18H,8H2,1-4H3. The molecule has 5 heteroatoms. The molecule has 0 atom stereocenters. The molecule has 0 radical (unpaired) electrons. The molecule has 0 aliphatic heterocycles. The number of aromatic nitrogens is 2. The van der Waals surface area contributed by atoms with E-state index >= 15 is 0 Å². The molecule has 2 aromatic rings. The maximum Gasteiger partial charge on any atom is 0.124 e. The summed E-state index contributed by atoms with van der Waals surface area (Å²) in [6.07, 6.45) is 0. The molecule has 20 heavy (non-hydrogen) atoms. The van der Waals surface area contributed by atoms with Crippen molar-refractivity contribution in [1.82, 2.24) is 9.78 Å². The molecule has 1 N–H and O–H groups in total. The molecule has 0 aliphatic carbocycles. The molecule has 0 fully saturated rings. The highest BCUT2D eigenvalue weighted by molar-refractivity contribution is 6.31. The van der Waals surface area contributed by atoms with Gasteiger partial charge in [-0.2, -0.15) is 5.10 Å². The second kappa shape index (κ2) is 5.83. The first kappa shape index (κ1) is 14.9. The largest absolute Gasteiger partial charge is 0.378 e. The summed E-state index contributed by atoms with van der Waals surface area (Å²) in [4.78, 5) is 0. The fraction of sp³-hybridized carbons (Fsp3) is 0.400. The van der Waals surface area contributed by atoms with Crippen LogP contribution in [0.5, 0.6) is 0 Å². The van der Waals surface area contributed by atoms with Gasteiger partial charge < -0.3 is 5.32 Å². The Balaban J connectivity index is 2.19. The molecule has 2 rings (SSSR count). The van der Waals surface area contributed by atoms with Crippen LogP contribution in [-0.4, -0.2) is 9.78 Å². The van der Waals surface area contributed by atoms with Gasteiger partial charge in [0, 0.05) is 17.6 Å². The van der Waals surface area contributed by atoms with Gasteiger partial charge in [-0.15, -0.1) is 0 Å². The highest BCUT2D eigenvalue weighted by atomic mass is 35.5. The van der Waals surface area contributed by atoms with Gasteiger partial charge in [-0.1, -0.05) is 17.7 Å². The molecule has 0 aliphatic rings. The highest BCUT2D eigenvalue weighted by Gasteiger charge is 2.13. The molecule has 0 spiro atoms. The van der Waals surface area contributed by atoms with E-state index in [1.807, 2.05) is 18.5 Å². The molecule has 108 valence electrons. The Kier molecular flexibility index (Phi) is 4.33. The molecular formula is C15H19ClFN3. The molecule has 3 nitrogen and oxygen atoms in total. The Morgan fingerprint density at radius 3 is 2.60 bits per heavy atom. The van der Waals surface area contributed by atoms with Crippen molar-refractivity contribution >= 4 is 17.3 Å². The van der Waals surface area contributed by atoms with E-state index in [1.165, 1.54) is 12.1 Å². The third-order valence-electron chi connectivity index (χ3n) is 3.28. The molecule has 0 saturated heterocycles. The molecule has 0 amide bonds. The minimum atomic E-state index is -0.321. The van der Waals surface area contributed by atoms with Crippen molar-refractivity contribution in [3.8, 4) is 0 Å². The summed E-state index contributed by atoms with van der Waals surface area (Å²) in [6.45, 7) is 8.75. The lowest BCUT2D eigenvalue weighted by atomic mass is 10.2. The van der Waals surface area contributed by atoms with Crippen LogP contribution in [0.15, 0.2) is 18.2 Å². The summed E-state index contributed by atoms with van der Waals surface area (Å²) >= 11 is 6.03. The quantitative estimate of drug-likeness (QED) is 0.901. The zero-order valence-corrected chi connectivity index (χ0v) is 12.9. The molecule has 1 heterocycles. The first-order chi connectivity index (χ1) is 9.40. The van der Waals surface area contributed by atoms with E-state index in [-0.39, 0.29) is 5.82 Å². The second-order valence-corrected chi connectivity index (χ2v) is 5.58. The van der Waals surface area contributed by atoms with Gasteiger partial charge in [0.1, 0.15) is 5.82 Å². The Bertz CT molecular complexity index is 620. The fourth-order valence-corrected chi connectivity index (χ4v) is 2.50. The number of halogens is 2. The van der Waals surface area contributed by atoms with Crippen molar-refractivity contribution in [2.24, 2.45) is 0 Å². The Hall–Kier alpha value is -1.55. The maximum atomic E-state index is 13.0. The van der Waals surface area contributed by atoms with Crippen LogP contribution >= 0.6 is 11.6 Å². The summed E-state index contributed by atoms with van der Waals surface area (Å²) in [5, 5.41) is 8.30. The summed E-state index contributed by atoms with van der Waals surface area (Å²) in [7, 11) is 0.